The third-order valence-electron chi connectivity index (χ3n) is 3.99. The van der Waals surface area contributed by atoms with Gasteiger partial charge in [0.1, 0.15) is 18.2 Å². The Morgan fingerprint density at radius 2 is 1.81 bits per heavy atom. The summed E-state index contributed by atoms with van der Waals surface area (Å²) in [6, 6.07) is 14.0. The number of methoxy groups -OCH3 is 1. The van der Waals surface area contributed by atoms with E-state index in [1.807, 2.05) is 0 Å². The highest BCUT2D eigenvalue weighted by atomic mass is 32.2. The van der Waals surface area contributed by atoms with Gasteiger partial charge < -0.3 is 9.47 Å². The SMILES string of the molecule is COCCOc1cccc(S(=O)(=O)n2cc(C)cc2-c2ccccc2F)c1. The van der Waals surface area contributed by atoms with E-state index in [0.717, 1.165) is 3.97 Å². The van der Waals surface area contributed by atoms with E-state index in [2.05, 4.69) is 0 Å². The Morgan fingerprint density at radius 3 is 2.56 bits per heavy atom. The molecule has 0 aliphatic carbocycles. The summed E-state index contributed by atoms with van der Waals surface area (Å²) in [5.41, 5.74) is 1.21. The molecule has 7 heteroatoms. The molecule has 0 unspecified atom stereocenters. The van der Waals surface area contributed by atoms with E-state index in [1.54, 1.807) is 50.4 Å². The number of rotatable bonds is 7. The van der Waals surface area contributed by atoms with Crippen molar-refractivity contribution < 1.29 is 22.3 Å². The minimum atomic E-state index is -3.93. The van der Waals surface area contributed by atoms with Crippen LogP contribution in [0.5, 0.6) is 5.75 Å². The highest BCUT2D eigenvalue weighted by Crippen LogP contribution is 2.29. The first-order valence-corrected chi connectivity index (χ1v) is 9.79. The zero-order chi connectivity index (χ0) is 19.4. The smallest absolute Gasteiger partial charge is 0.268 e. The van der Waals surface area contributed by atoms with E-state index < -0.39 is 15.8 Å². The average molecular weight is 389 g/mol. The molecule has 0 N–H and O–H groups in total. The molecule has 0 spiro atoms. The molecule has 0 amide bonds. The van der Waals surface area contributed by atoms with Gasteiger partial charge >= 0.3 is 0 Å². The van der Waals surface area contributed by atoms with E-state index in [9.17, 15) is 12.8 Å². The van der Waals surface area contributed by atoms with Crippen molar-refractivity contribution in [2.75, 3.05) is 20.3 Å². The Labute approximate surface area is 158 Å². The second kappa shape index (κ2) is 7.94. The van der Waals surface area contributed by atoms with Gasteiger partial charge in [-0.25, -0.2) is 16.8 Å². The molecule has 0 fully saturated rings. The number of benzene rings is 2. The number of hydrogen-bond donors (Lipinski definition) is 0. The van der Waals surface area contributed by atoms with E-state index in [-0.39, 0.29) is 16.2 Å². The standard InChI is InChI=1S/C20H20FNO4S/c1-15-12-20(18-8-3-4-9-19(18)21)22(14-15)27(23,24)17-7-5-6-16(13-17)26-11-10-25-2/h3-9,12-14H,10-11H2,1-2H3. The van der Waals surface area contributed by atoms with Crippen molar-refractivity contribution in [1.82, 2.24) is 3.97 Å². The highest BCUT2D eigenvalue weighted by molar-refractivity contribution is 7.90. The normalized spacial score (nSPS) is 11.5. The zero-order valence-corrected chi connectivity index (χ0v) is 15.9. The van der Waals surface area contributed by atoms with Crippen LogP contribution in [0.4, 0.5) is 4.39 Å². The van der Waals surface area contributed by atoms with Crippen molar-refractivity contribution in [2.24, 2.45) is 0 Å². The first-order chi connectivity index (χ1) is 12.9. The van der Waals surface area contributed by atoms with E-state index in [0.29, 0.717) is 24.5 Å². The van der Waals surface area contributed by atoms with Crippen LogP contribution >= 0.6 is 0 Å². The van der Waals surface area contributed by atoms with Crippen molar-refractivity contribution in [2.45, 2.75) is 11.8 Å². The average Bonchev–Trinajstić information content (AvgIpc) is 3.05. The maximum absolute atomic E-state index is 14.3. The second-order valence-electron chi connectivity index (χ2n) is 6.00. The largest absolute Gasteiger partial charge is 0.491 e. The summed E-state index contributed by atoms with van der Waals surface area (Å²) in [6.07, 6.45) is 1.48. The van der Waals surface area contributed by atoms with Gasteiger partial charge in [0, 0.05) is 24.9 Å². The summed E-state index contributed by atoms with van der Waals surface area (Å²) in [4.78, 5) is 0.0607. The molecule has 1 aromatic heterocycles. The zero-order valence-electron chi connectivity index (χ0n) is 15.1. The van der Waals surface area contributed by atoms with Crippen LogP contribution < -0.4 is 4.74 Å². The van der Waals surface area contributed by atoms with Crippen molar-refractivity contribution in [3.05, 3.63) is 72.2 Å². The summed E-state index contributed by atoms with van der Waals surface area (Å²) in [7, 11) is -2.37. The Bertz CT molecular complexity index is 1040. The quantitative estimate of drug-likeness (QED) is 0.576. The topological polar surface area (TPSA) is 57.5 Å². The number of aryl methyl sites for hydroxylation is 1. The first-order valence-electron chi connectivity index (χ1n) is 8.35. The van der Waals surface area contributed by atoms with Gasteiger partial charge in [0.2, 0.25) is 0 Å². The molecule has 27 heavy (non-hydrogen) atoms. The molecule has 0 aliphatic heterocycles. The molecule has 5 nitrogen and oxygen atoms in total. The second-order valence-corrected chi connectivity index (χ2v) is 7.81. The van der Waals surface area contributed by atoms with Crippen LogP contribution in [-0.4, -0.2) is 32.7 Å². The van der Waals surface area contributed by atoms with Crippen LogP contribution in [0, 0.1) is 12.7 Å². The number of nitrogens with zero attached hydrogens (tertiary/aromatic N) is 1. The van der Waals surface area contributed by atoms with Crippen LogP contribution in [0.3, 0.4) is 0 Å². The Hall–Kier alpha value is -2.64. The molecular formula is C20H20FNO4S. The van der Waals surface area contributed by atoms with Crippen LogP contribution in [-0.2, 0) is 14.8 Å². The van der Waals surface area contributed by atoms with Gasteiger partial charge in [0.05, 0.1) is 17.2 Å². The van der Waals surface area contributed by atoms with Gasteiger partial charge in [0.25, 0.3) is 10.0 Å². The van der Waals surface area contributed by atoms with Crippen LogP contribution in [0.1, 0.15) is 5.56 Å². The number of ether oxygens (including phenoxy) is 2. The lowest BCUT2D eigenvalue weighted by molar-refractivity contribution is 0.146. The third-order valence-corrected chi connectivity index (χ3v) is 5.66. The Balaban J connectivity index is 2.04. The van der Waals surface area contributed by atoms with Gasteiger partial charge in [-0.3, -0.25) is 0 Å². The fourth-order valence-corrected chi connectivity index (χ4v) is 4.17. The summed E-state index contributed by atoms with van der Waals surface area (Å²) in [5.74, 6) is -0.0619. The number of halogens is 1. The van der Waals surface area contributed by atoms with E-state index in [4.69, 9.17) is 9.47 Å². The van der Waals surface area contributed by atoms with Gasteiger partial charge in [-0.15, -0.1) is 0 Å². The summed E-state index contributed by atoms with van der Waals surface area (Å²) < 4.78 is 52.2. The van der Waals surface area contributed by atoms with Crippen LogP contribution in [0.2, 0.25) is 0 Å². The molecule has 3 rings (SSSR count). The number of aromatic nitrogens is 1. The monoisotopic (exact) mass is 389 g/mol. The van der Waals surface area contributed by atoms with E-state index >= 15 is 0 Å². The lowest BCUT2D eigenvalue weighted by Crippen LogP contribution is -2.14. The molecule has 1 heterocycles. The van der Waals surface area contributed by atoms with Crippen LogP contribution in [0.25, 0.3) is 11.3 Å². The summed E-state index contributed by atoms with van der Waals surface area (Å²) in [5, 5.41) is 0. The van der Waals surface area contributed by atoms with Gasteiger partial charge in [-0.05, 0) is 42.8 Å². The molecule has 2 aromatic carbocycles. The molecule has 0 saturated heterocycles. The Morgan fingerprint density at radius 1 is 1.04 bits per heavy atom. The van der Waals surface area contributed by atoms with Crippen LogP contribution in [0.15, 0.2) is 65.7 Å². The molecule has 0 saturated carbocycles. The van der Waals surface area contributed by atoms with Gasteiger partial charge in [-0.1, -0.05) is 18.2 Å². The minimum Gasteiger partial charge on any atom is -0.491 e. The molecule has 0 bridgehead atoms. The predicted octanol–water partition coefficient (Wildman–Crippen LogP) is 3.86. The van der Waals surface area contributed by atoms with Crippen molar-refractivity contribution in [1.29, 1.82) is 0 Å². The van der Waals surface area contributed by atoms with Crippen molar-refractivity contribution in [3.8, 4) is 17.0 Å². The van der Waals surface area contributed by atoms with Gasteiger partial charge in [0.15, 0.2) is 0 Å². The molecule has 0 atom stereocenters. The molecule has 3 aromatic rings. The molecule has 142 valence electrons. The summed E-state index contributed by atoms with van der Waals surface area (Å²) in [6.45, 7) is 2.47. The Kier molecular flexibility index (Phi) is 5.62. The summed E-state index contributed by atoms with van der Waals surface area (Å²) >= 11 is 0. The lowest BCUT2D eigenvalue weighted by Gasteiger charge is -2.12. The maximum Gasteiger partial charge on any atom is 0.268 e. The fourth-order valence-electron chi connectivity index (χ4n) is 2.72. The molecular weight excluding hydrogens is 369 g/mol. The minimum absolute atomic E-state index is 0.0607. The third kappa shape index (κ3) is 4.04. The van der Waals surface area contributed by atoms with Gasteiger partial charge in [-0.2, -0.15) is 0 Å². The van der Waals surface area contributed by atoms with E-state index in [1.165, 1.54) is 24.4 Å². The predicted molar refractivity (Wildman–Crippen MR) is 101 cm³/mol. The van der Waals surface area contributed by atoms with Crippen molar-refractivity contribution in [3.63, 3.8) is 0 Å². The lowest BCUT2D eigenvalue weighted by atomic mass is 10.1. The molecule has 0 radical (unpaired) electrons. The van der Waals surface area contributed by atoms with Crippen molar-refractivity contribution >= 4 is 10.0 Å². The number of hydrogen-bond acceptors (Lipinski definition) is 4. The molecule has 0 aliphatic rings. The highest BCUT2D eigenvalue weighted by Gasteiger charge is 2.23. The first kappa shape index (κ1) is 19.1. The fraction of sp³-hybridized carbons (Fsp3) is 0.200. The maximum atomic E-state index is 14.3.